The number of methoxy groups -OCH3 is 1. The van der Waals surface area contributed by atoms with Crippen LogP contribution in [0.15, 0.2) is 72.8 Å². The van der Waals surface area contributed by atoms with E-state index in [0.717, 1.165) is 19.9 Å². The number of hydrogen-bond acceptors (Lipinski definition) is 4. The van der Waals surface area contributed by atoms with E-state index < -0.39 is 16.0 Å². The number of rotatable bonds is 9. The molecule has 7 nitrogen and oxygen atoms in total. The summed E-state index contributed by atoms with van der Waals surface area (Å²) < 4.78 is 47.4. The Bertz CT molecular complexity index is 1230. The van der Waals surface area contributed by atoms with Crippen molar-refractivity contribution in [2.24, 2.45) is 0 Å². The van der Waals surface area contributed by atoms with Crippen LogP contribution in [0.2, 0.25) is 0 Å². The van der Waals surface area contributed by atoms with Gasteiger partial charge in [-0.2, -0.15) is 12.7 Å². The number of para-hydroxylation sites is 1. The minimum atomic E-state index is -3.95. The van der Waals surface area contributed by atoms with Gasteiger partial charge in [0, 0.05) is 19.7 Å². The lowest BCUT2D eigenvalue weighted by Crippen LogP contribution is -2.40. The number of nitrogens with one attached hydrogen (secondary N) is 1. The van der Waals surface area contributed by atoms with Crippen LogP contribution in [0.25, 0.3) is 0 Å². The molecule has 1 atom stereocenters. The van der Waals surface area contributed by atoms with Gasteiger partial charge in [-0.15, -0.1) is 0 Å². The molecule has 0 aliphatic rings. The predicted molar refractivity (Wildman–Crippen MR) is 131 cm³/mol. The molecular formula is C25H28FN3O4S. The van der Waals surface area contributed by atoms with Crippen molar-refractivity contribution in [1.29, 1.82) is 0 Å². The highest BCUT2D eigenvalue weighted by Crippen LogP contribution is 2.25. The highest BCUT2D eigenvalue weighted by atomic mass is 32.2. The molecule has 0 bridgehead atoms. The van der Waals surface area contributed by atoms with Crippen LogP contribution in [-0.4, -0.2) is 39.8 Å². The summed E-state index contributed by atoms with van der Waals surface area (Å²) in [6.45, 7) is 1.79. The van der Waals surface area contributed by atoms with E-state index in [9.17, 15) is 17.6 Å². The van der Waals surface area contributed by atoms with Gasteiger partial charge in [0.1, 0.15) is 11.6 Å². The number of carbonyl (C=O) groups excluding carboxylic acids is 1. The largest absolute Gasteiger partial charge is 0.497 e. The van der Waals surface area contributed by atoms with Crippen LogP contribution in [0.1, 0.15) is 34.5 Å². The number of anilines is 1. The topological polar surface area (TPSA) is 79.0 Å². The van der Waals surface area contributed by atoms with Crippen LogP contribution in [-0.2, 0) is 16.8 Å². The number of ether oxygens (including phenoxy) is 1. The Morgan fingerprint density at radius 1 is 1.00 bits per heavy atom. The summed E-state index contributed by atoms with van der Waals surface area (Å²) in [6.07, 6.45) is 0. The first-order valence-electron chi connectivity index (χ1n) is 10.6. The van der Waals surface area contributed by atoms with E-state index in [4.69, 9.17) is 4.74 Å². The van der Waals surface area contributed by atoms with Gasteiger partial charge in [-0.3, -0.25) is 9.10 Å². The molecule has 3 aromatic carbocycles. The zero-order valence-electron chi connectivity index (χ0n) is 19.5. The summed E-state index contributed by atoms with van der Waals surface area (Å²) in [5, 5.41) is 2.94. The van der Waals surface area contributed by atoms with Crippen LogP contribution < -0.4 is 14.4 Å². The third-order valence-corrected chi connectivity index (χ3v) is 7.17. The van der Waals surface area contributed by atoms with Crippen molar-refractivity contribution in [2.75, 3.05) is 25.5 Å². The SMILES string of the molecule is COc1ccc([C@H](C)NC(=O)c2ccc(CN(c3ccccc3F)S(=O)(=O)N(C)C)cc2)cc1. The summed E-state index contributed by atoms with van der Waals surface area (Å²) in [6, 6.07) is 19.5. The molecule has 0 saturated carbocycles. The molecule has 34 heavy (non-hydrogen) atoms. The molecule has 0 spiro atoms. The van der Waals surface area contributed by atoms with Crippen LogP contribution >= 0.6 is 0 Å². The number of hydrogen-bond donors (Lipinski definition) is 1. The van der Waals surface area contributed by atoms with Crippen molar-refractivity contribution in [3.63, 3.8) is 0 Å². The van der Waals surface area contributed by atoms with E-state index in [1.54, 1.807) is 37.4 Å². The summed E-state index contributed by atoms with van der Waals surface area (Å²) in [5.41, 5.74) is 1.91. The molecule has 1 N–H and O–H groups in total. The molecule has 0 fully saturated rings. The van der Waals surface area contributed by atoms with Crippen LogP contribution in [0, 0.1) is 5.82 Å². The Kier molecular flexibility index (Phi) is 7.90. The molecule has 0 aliphatic carbocycles. The van der Waals surface area contributed by atoms with Gasteiger partial charge in [0.25, 0.3) is 5.91 Å². The predicted octanol–water partition coefficient (Wildman–Crippen LogP) is 4.14. The second-order valence-electron chi connectivity index (χ2n) is 7.91. The quantitative estimate of drug-likeness (QED) is 0.494. The van der Waals surface area contributed by atoms with Crippen LogP contribution in [0.5, 0.6) is 5.75 Å². The van der Waals surface area contributed by atoms with Gasteiger partial charge < -0.3 is 10.1 Å². The van der Waals surface area contributed by atoms with Gasteiger partial charge >= 0.3 is 10.2 Å². The lowest BCUT2D eigenvalue weighted by Gasteiger charge is -2.27. The molecule has 0 aromatic heterocycles. The van der Waals surface area contributed by atoms with Gasteiger partial charge in [-0.1, -0.05) is 36.4 Å². The van der Waals surface area contributed by atoms with Gasteiger partial charge in [0.2, 0.25) is 0 Å². The molecule has 0 unspecified atom stereocenters. The van der Waals surface area contributed by atoms with Crippen molar-refractivity contribution in [2.45, 2.75) is 19.5 Å². The molecule has 0 radical (unpaired) electrons. The highest BCUT2D eigenvalue weighted by molar-refractivity contribution is 7.90. The molecule has 1 amide bonds. The average molecular weight is 486 g/mol. The second kappa shape index (κ2) is 10.7. The van der Waals surface area contributed by atoms with E-state index in [-0.39, 0.29) is 24.2 Å². The Labute approximate surface area is 200 Å². The maximum atomic E-state index is 14.4. The Morgan fingerprint density at radius 3 is 2.18 bits per heavy atom. The molecule has 180 valence electrons. The van der Waals surface area contributed by atoms with E-state index in [2.05, 4.69) is 5.32 Å². The molecular weight excluding hydrogens is 457 g/mol. The Balaban J connectivity index is 1.76. The number of benzene rings is 3. The van der Waals surface area contributed by atoms with E-state index in [1.165, 1.54) is 32.3 Å². The highest BCUT2D eigenvalue weighted by Gasteiger charge is 2.27. The number of amides is 1. The third kappa shape index (κ3) is 5.73. The monoisotopic (exact) mass is 485 g/mol. The minimum Gasteiger partial charge on any atom is -0.497 e. The number of halogens is 1. The van der Waals surface area contributed by atoms with Crippen LogP contribution in [0.3, 0.4) is 0 Å². The van der Waals surface area contributed by atoms with Crippen molar-refractivity contribution < 1.29 is 22.3 Å². The molecule has 0 heterocycles. The van der Waals surface area contributed by atoms with Crippen molar-refractivity contribution >= 4 is 21.8 Å². The first kappa shape index (κ1) is 25.2. The second-order valence-corrected chi connectivity index (χ2v) is 9.98. The average Bonchev–Trinajstić information content (AvgIpc) is 2.83. The van der Waals surface area contributed by atoms with Gasteiger partial charge in [-0.05, 0) is 54.4 Å². The van der Waals surface area contributed by atoms with Crippen molar-refractivity contribution in [3.05, 3.63) is 95.3 Å². The summed E-state index contributed by atoms with van der Waals surface area (Å²) in [4.78, 5) is 12.7. The van der Waals surface area contributed by atoms with E-state index in [1.807, 2.05) is 31.2 Å². The number of carbonyl (C=O) groups is 1. The standard InChI is InChI=1S/C25H28FN3O4S/c1-18(20-13-15-22(33-4)16-14-20)27-25(30)21-11-9-19(10-12-21)17-29(34(31,32)28(2)3)24-8-6-5-7-23(24)26/h5-16,18H,17H2,1-4H3,(H,27,30)/t18-/m0/s1. The third-order valence-electron chi connectivity index (χ3n) is 5.37. The first-order valence-corrected chi connectivity index (χ1v) is 12.0. The fourth-order valence-electron chi connectivity index (χ4n) is 3.33. The van der Waals surface area contributed by atoms with Crippen molar-refractivity contribution in [1.82, 2.24) is 9.62 Å². The molecule has 9 heteroatoms. The Morgan fingerprint density at radius 2 is 1.62 bits per heavy atom. The fraction of sp³-hybridized carbons (Fsp3) is 0.240. The Hall–Kier alpha value is -3.43. The molecule has 0 saturated heterocycles. The zero-order valence-corrected chi connectivity index (χ0v) is 20.3. The minimum absolute atomic E-state index is 0.0497. The number of nitrogens with zero attached hydrogens (tertiary/aromatic N) is 2. The van der Waals surface area contributed by atoms with Crippen LogP contribution in [0.4, 0.5) is 10.1 Å². The first-order chi connectivity index (χ1) is 16.1. The summed E-state index contributed by atoms with van der Waals surface area (Å²) >= 11 is 0. The maximum absolute atomic E-state index is 14.4. The van der Waals surface area contributed by atoms with E-state index >= 15 is 0 Å². The molecule has 3 aromatic rings. The molecule has 3 rings (SSSR count). The van der Waals surface area contributed by atoms with Crippen molar-refractivity contribution in [3.8, 4) is 5.75 Å². The fourth-order valence-corrected chi connectivity index (χ4v) is 4.43. The molecule has 0 aliphatic heterocycles. The maximum Gasteiger partial charge on any atom is 0.303 e. The zero-order chi connectivity index (χ0) is 24.9. The summed E-state index contributed by atoms with van der Waals surface area (Å²) in [7, 11) is 0.419. The lowest BCUT2D eigenvalue weighted by atomic mass is 10.1. The van der Waals surface area contributed by atoms with Gasteiger partial charge in [0.05, 0.1) is 25.4 Å². The smallest absolute Gasteiger partial charge is 0.303 e. The van der Waals surface area contributed by atoms with E-state index in [0.29, 0.717) is 11.1 Å². The van der Waals surface area contributed by atoms with Gasteiger partial charge in [0.15, 0.2) is 0 Å². The summed E-state index contributed by atoms with van der Waals surface area (Å²) in [5.74, 6) is -0.170. The normalized spacial score (nSPS) is 12.3. The lowest BCUT2D eigenvalue weighted by molar-refractivity contribution is 0.0940. The van der Waals surface area contributed by atoms with Gasteiger partial charge in [-0.25, -0.2) is 4.39 Å².